The average Bonchev–Trinajstić information content (AvgIpc) is 3.17. The second-order valence-corrected chi connectivity index (χ2v) is 6.20. The van der Waals surface area contributed by atoms with Crippen LogP contribution < -0.4 is 5.32 Å². The van der Waals surface area contributed by atoms with Crippen LogP contribution in [0.1, 0.15) is 16.1 Å². The van der Waals surface area contributed by atoms with E-state index in [1.54, 1.807) is 5.38 Å². The van der Waals surface area contributed by atoms with Gasteiger partial charge in [-0.3, -0.25) is 15.1 Å². The van der Waals surface area contributed by atoms with E-state index in [1.807, 2.05) is 17.5 Å². The molecule has 9 heteroatoms. The highest BCUT2D eigenvalue weighted by Gasteiger charge is 2.32. The number of amides is 1. The molecule has 0 fully saturated rings. The summed E-state index contributed by atoms with van der Waals surface area (Å²) in [6.45, 7) is 0. The van der Waals surface area contributed by atoms with Gasteiger partial charge in [0.05, 0.1) is 16.1 Å². The monoisotopic (exact) mass is 355 g/mol. The molecule has 0 aliphatic heterocycles. The smallest absolute Gasteiger partial charge is 0.298 e. The number of carbonyl (C=O) groups excluding carboxylic acids is 1. The van der Waals surface area contributed by atoms with Gasteiger partial charge >= 0.3 is 6.18 Å². The zero-order chi connectivity index (χ0) is 16.4. The van der Waals surface area contributed by atoms with Crippen LogP contribution in [0.5, 0.6) is 0 Å². The lowest BCUT2D eigenvalue weighted by Gasteiger charge is -2.06. The van der Waals surface area contributed by atoms with Gasteiger partial charge in [0, 0.05) is 11.6 Å². The summed E-state index contributed by atoms with van der Waals surface area (Å²) < 4.78 is 37.3. The zero-order valence-corrected chi connectivity index (χ0v) is 12.9. The minimum Gasteiger partial charge on any atom is -0.298 e. The van der Waals surface area contributed by atoms with Crippen molar-refractivity contribution in [1.29, 1.82) is 0 Å². The summed E-state index contributed by atoms with van der Waals surface area (Å²) in [4.78, 5) is 20.5. The summed E-state index contributed by atoms with van der Waals surface area (Å²) in [5.74, 6) is -0.557. The molecule has 0 bridgehead atoms. The number of thiophene rings is 1. The van der Waals surface area contributed by atoms with Gasteiger partial charge in [-0.1, -0.05) is 6.07 Å². The molecule has 0 atom stereocenters. The molecule has 0 saturated carbocycles. The molecule has 3 aromatic rings. The lowest BCUT2D eigenvalue weighted by molar-refractivity contribution is -0.141. The van der Waals surface area contributed by atoms with Gasteiger partial charge in [0.25, 0.3) is 5.91 Å². The Morgan fingerprint density at radius 3 is 2.61 bits per heavy atom. The van der Waals surface area contributed by atoms with E-state index in [-0.39, 0.29) is 5.56 Å². The number of aromatic nitrogens is 2. The van der Waals surface area contributed by atoms with E-state index in [0.29, 0.717) is 5.13 Å². The van der Waals surface area contributed by atoms with E-state index >= 15 is 0 Å². The Balaban J connectivity index is 1.72. The van der Waals surface area contributed by atoms with Crippen molar-refractivity contribution in [2.75, 3.05) is 5.32 Å². The Kier molecular flexibility index (Phi) is 4.14. The fraction of sp³-hybridized carbons (Fsp3) is 0.0714. The SMILES string of the molecule is O=C(Nc1nc(-c2cccs2)cs1)c1ccc(C(F)(F)F)nc1. The van der Waals surface area contributed by atoms with Gasteiger partial charge in [-0.25, -0.2) is 4.98 Å². The molecule has 0 saturated heterocycles. The van der Waals surface area contributed by atoms with Crippen molar-refractivity contribution in [3.05, 3.63) is 52.5 Å². The number of halogens is 3. The molecular weight excluding hydrogens is 347 g/mol. The molecule has 23 heavy (non-hydrogen) atoms. The standard InChI is InChI=1S/C14H8F3N3OS2/c15-14(16,17)11-4-3-8(6-18-11)12(21)20-13-19-9(7-23-13)10-2-1-5-22-10/h1-7H,(H,19,20,21). The van der Waals surface area contributed by atoms with Crippen LogP contribution in [0.15, 0.2) is 41.2 Å². The average molecular weight is 355 g/mol. The Bertz CT molecular complexity index is 811. The number of rotatable bonds is 3. The van der Waals surface area contributed by atoms with Crippen LogP contribution in [-0.2, 0) is 6.18 Å². The van der Waals surface area contributed by atoms with Crippen LogP contribution in [0.2, 0.25) is 0 Å². The third kappa shape index (κ3) is 3.57. The molecule has 0 aromatic carbocycles. The Labute approximate surface area is 136 Å². The highest BCUT2D eigenvalue weighted by Crippen LogP contribution is 2.29. The van der Waals surface area contributed by atoms with Crippen molar-refractivity contribution in [1.82, 2.24) is 9.97 Å². The topological polar surface area (TPSA) is 54.9 Å². The molecule has 1 amide bonds. The first kappa shape index (κ1) is 15.6. The number of hydrogen-bond acceptors (Lipinski definition) is 5. The van der Waals surface area contributed by atoms with E-state index in [9.17, 15) is 18.0 Å². The van der Waals surface area contributed by atoms with Crippen LogP contribution in [0.4, 0.5) is 18.3 Å². The van der Waals surface area contributed by atoms with Crippen molar-refractivity contribution in [2.45, 2.75) is 6.18 Å². The van der Waals surface area contributed by atoms with Crippen molar-refractivity contribution >= 4 is 33.7 Å². The fourth-order valence-electron chi connectivity index (χ4n) is 1.73. The molecule has 118 valence electrons. The second kappa shape index (κ2) is 6.09. The lowest BCUT2D eigenvalue weighted by Crippen LogP contribution is -2.14. The molecule has 3 aromatic heterocycles. The number of thiazole rings is 1. The number of nitrogens with zero attached hydrogens (tertiary/aromatic N) is 2. The third-order valence-corrected chi connectivity index (χ3v) is 4.46. The first-order chi connectivity index (χ1) is 10.9. The van der Waals surface area contributed by atoms with E-state index in [1.165, 1.54) is 22.7 Å². The first-order valence-electron chi connectivity index (χ1n) is 6.27. The normalized spacial score (nSPS) is 11.4. The van der Waals surface area contributed by atoms with Crippen molar-refractivity contribution in [2.24, 2.45) is 0 Å². The number of carbonyl (C=O) groups is 1. The maximum Gasteiger partial charge on any atom is 0.433 e. The molecule has 1 N–H and O–H groups in total. The highest BCUT2D eigenvalue weighted by molar-refractivity contribution is 7.16. The summed E-state index contributed by atoms with van der Waals surface area (Å²) in [5, 5.41) is 6.64. The largest absolute Gasteiger partial charge is 0.433 e. The van der Waals surface area contributed by atoms with Gasteiger partial charge in [-0.2, -0.15) is 13.2 Å². The minimum absolute atomic E-state index is 0.0332. The van der Waals surface area contributed by atoms with Crippen LogP contribution in [0, 0.1) is 0 Å². The zero-order valence-electron chi connectivity index (χ0n) is 11.3. The minimum atomic E-state index is -4.53. The fourth-order valence-corrected chi connectivity index (χ4v) is 3.20. The van der Waals surface area contributed by atoms with E-state index < -0.39 is 17.8 Å². The van der Waals surface area contributed by atoms with Crippen LogP contribution in [0.25, 0.3) is 10.6 Å². The van der Waals surface area contributed by atoms with Gasteiger partial charge < -0.3 is 0 Å². The van der Waals surface area contributed by atoms with E-state index in [2.05, 4.69) is 15.3 Å². The molecule has 0 unspecified atom stereocenters. The predicted octanol–water partition coefficient (Wildman–Crippen LogP) is 4.54. The second-order valence-electron chi connectivity index (χ2n) is 4.40. The molecule has 3 rings (SSSR count). The number of pyridine rings is 1. The quantitative estimate of drug-likeness (QED) is 0.751. The molecular formula is C14H8F3N3OS2. The number of nitrogens with one attached hydrogen (secondary N) is 1. The van der Waals surface area contributed by atoms with E-state index in [4.69, 9.17) is 0 Å². The summed E-state index contributed by atoms with van der Waals surface area (Å²) in [6, 6.07) is 5.66. The molecule has 0 spiro atoms. The van der Waals surface area contributed by atoms with Crippen LogP contribution in [-0.4, -0.2) is 15.9 Å². The van der Waals surface area contributed by atoms with Crippen molar-refractivity contribution in [3.8, 4) is 10.6 Å². The van der Waals surface area contributed by atoms with Gasteiger partial charge in [0.2, 0.25) is 0 Å². The molecule has 0 radical (unpaired) electrons. The molecule has 0 aliphatic carbocycles. The number of alkyl halides is 3. The summed E-state index contributed by atoms with van der Waals surface area (Å²) in [7, 11) is 0. The van der Waals surface area contributed by atoms with Crippen molar-refractivity contribution < 1.29 is 18.0 Å². The third-order valence-electron chi connectivity index (χ3n) is 2.81. The highest BCUT2D eigenvalue weighted by atomic mass is 32.1. The molecule has 4 nitrogen and oxygen atoms in total. The Morgan fingerprint density at radius 2 is 2.00 bits per heavy atom. The maximum atomic E-state index is 12.4. The Morgan fingerprint density at radius 1 is 1.17 bits per heavy atom. The molecule has 0 aliphatic rings. The van der Waals surface area contributed by atoms with Crippen LogP contribution in [0.3, 0.4) is 0 Å². The van der Waals surface area contributed by atoms with Crippen molar-refractivity contribution in [3.63, 3.8) is 0 Å². The molecule has 3 heterocycles. The summed E-state index contributed by atoms with van der Waals surface area (Å²) in [5.41, 5.74) is -0.264. The number of hydrogen-bond donors (Lipinski definition) is 1. The first-order valence-corrected chi connectivity index (χ1v) is 8.03. The summed E-state index contributed by atoms with van der Waals surface area (Å²) in [6.07, 6.45) is -3.63. The number of anilines is 1. The predicted molar refractivity (Wildman–Crippen MR) is 82.6 cm³/mol. The van der Waals surface area contributed by atoms with Gasteiger partial charge in [0.1, 0.15) is 5.69 Å². The Hall–Kier alpha value is -2.26. The van der Waals surface area contributed by atoms with Gasteiger partial charge in [-0.15, -0.1) is 22.7 Å². The maximum absolute atomic E-state index is 12.4. The van der Waals surface area contributed by atoms with Gasteiger partial charge in [-0.05, 0) is 23.6 Å². The lowest BCUT2D eigenvalue weighted by atomic mass is 10.2. The van der Waals surface area contributed by atoms with E-state index in [0.717, 1.165) is 28.9 Å². The van der Waals surface area contributed by atoms with Gasteiger partial charge in [0.15, 0.2) is 5.13 Å². The summed E-state index contributed by atoms with van der Waals surface area (Å²) >= 11 is 2.76. The van der Waals surface area contributed by atoms with Crippen LogP contribution >= 0.6 is 22.7 Å².